The Kier molecular flexibility index (Phi) is 13.3. The van der Waals surface area contributed by atoms with E-state index >= 15 is 0 Å². The minimum Gasteiger partial charge on any atom is -0.358 e. The van der Waals surface area contributed by atoms with Crippen molar-refractivity contribution in [1.82, 2.24) is 20.3 Å². The number of amides is 2. The zero-order chi connectivity index (χ0) is 34.9. The quantitative estimate of drug-likeness (QED) is 0.184. The van der Waals surface area contributed by atoms with Crippen LogP contribution in [0.25, 0.3) is 6.08 Å². The molecule has 1 N–H and O–H groups in total. The number of nitrogens with one attached hydrogen (secondary N) is 1. The SMILES string of the molecule is CSC=N/C(C)=C/c1ccc(C(C)NC(=O)C2CCCN2C(=O)C(c2cc(N3CCC(CN4CCC(OF)CC4)CC3)no2)C(C)C)cc1. The van der Waals surface area contributed by atoms with Crippen LogP contribution in [0.2, 0.25) is 0 Å². The van der Waals surface area contributed by atoms with E-state index in [-0.39, 0.29) is 29.9 Å². The van der Waals surface area contributed by atoms with Gasteiger partial charge in [-0.05, 0) is 92.2 Å². The molecule has 0 radical (unpaired) electrons. The number of halogens is 1. The van der Waals surface area contributed by atoms with Gasteiger partial charge >= 0.3 is 0 Å². The van der Waals surface area contributed by atoms with Gasteiger partial charge in [0.1, 0.15) is 18.1 Å². The summed E-state index contributed by atoms with van der Waals surface area (Å²) >= 11 is 1.56. The second kappa shape index (κ2) is 17.6. The van der Waals surface area contributed by atoms with Crippen molar-refractivity contribution in [3.8, 4) is 0 Å². The van der Waals surface area contributed by atoms with Gasteiger partial charge in [-0.3, -0.25) is 14.6 Å². The molecular weight excluding hydrogens is 644 g/mol. The van der Waals surface area contributed by atoms with E-state index in [1.807, 2.05) is 75.9 Å². The highest BCUT2D eigenvalue weighted by Gasteiger charge is 2.40. The minimum absolute atomic E-state index is 0.0307. The van der Waals surface area contributed by atoms with Crippen LogP contribution in [0.3, 0.4) is 0 Å². The standard InChI is InChI=1S/C37H53FN6O4S/c1-25(2)35(33-22-34(41-48-33)43-19-12-29(13-20-43)23-42-17-14-31(47-38)15-18-42)37(46)44-16-6-7-32(44)36(45)40-27(4)30-10-8-28(9-11-30)21-26(3)39-24-49-5/h8-11,21-22,24-25,27,29,31-32,35H,6-7,12-20,23H2,1-5H3,(H,40,45)/b26-21+,39-24?. The van der Waals surface area contributed by atoms with Crippen LogP contribution >= 0.6 is 11.8 Å². The number of anilines is 1. The molecule has 0 spiro atoms. The predicted molar refractivity (Wildman–Crippen MR) is 194 cm³/mol. The van der Waals surface area contributed by atoms with E-state index in [1.165, 1.54) is 0 Å². The maximum absolute atomic E-state index is 14.1. The Morgan fingerprint density at radius 1 is 1.08 bits per heavy atom. The van der Waals surface area contributed by atoms with Gasteiger partial charge in [0.15, 0.2) is 11.6 Å². The fraction of sp³-hybridized carbons (Fsp3) is 0.622. The molecule has 1 aromatic carbocycles. The first-order valence-corrected chi connectivity index (χ1v) is 19.1. The molecule has 268 valence electrons. The third kappa shape index (κ3) is 9.73. The van der Waals surface area contributed by atoms with Crippen LogP contribution in [-0.2, 0) is 14.5 Å². The van der Waals surface area contributed by atoms with Crippen LogP contribution in [0, 0.1) is 11.8 Å². The van der Waals surface area contributed by atoms with Crippen LogP contribution in [0.4, 0.5) is 10.3 Å². The zero-order valence-corrected chi connectivity index (χ0v) is 30.5. The molecule has 4 heterocycles. The van der Waals surface area contributed by atoms with Gasteiger partial charge in [0.2, 0.25) is 11.8 Å². The number of hydrogen-bond donors (Lipinski definition) is 1. The minimum atomic E-state index is -0.523. The number of benzene rings is 1. The number of hydrogen-bond acceptors (Lipinski definition) is 9. The lowest BCUT2D eigenvalue weighted by Gasteiger charge is -2.36. The average Bonchev–Trinajstić information content (AvgIpc) is 3.79. The monoisotopic (exact) mass is 696 g/mol. The van der Waals surface area contributed by atoms with Gasteiger partial charge in [-0.15, -0.1) is 11.8 Å². The first kappa shape index (κ1) is 37.0. The molecule has 2 aromatic rings. The second-order valence-electron chi connectivity index (χ2n) is 14.2. The molecule has 3 aliphatic rings. The fourth-order valence-corrected chi connectivity index (χ4v) is 7.64. The molecule has 12 heteroatoms. The lowest BCUT2D eigenvalue weighted by Crippen LogP contribution is -2.48. The highest BCUT2D eigenvalue weighted by molar-refractivity contribution is 8.11. The number of piperidine rings is 2. The third-order valence-electron chi connectivity index (χ3n) is 10.2. The maximum Gasteiger partial charge on any atom is 0.243 e. The molecule has 3 fully saturated rings. The van der Waals surface area contributed by atoms with Gasteiger partial charge < -0.3 is 24.5 Å². The van der Waals surface area contributed by atoms with Gasteiger partial charge in [-0.2, -0.15) is 4.94 Å². The van der Waals surface area contributed by atoms with Crippen molar-refractivity contribution < 1.29 is 23.6 Å². The Labute approximate surface area is 294 Å². The summed E-state index contributed by atoms with van der Waals surface area (Å²) in [5.74, 6) is 1.14. The molecule has 5 rings (SSSR count). The molecule has 1 aromatic heterocycles. The van der Waals surface area contributed by atoms with Crippen molar-refractivity contribution in [1.29, 1.82) is 0 Å². The topological polar surface area (TPSA) is 104 Å². The molecule has 0 aliphatic carbocycles. The number of carbonyl (C=O) groups is 2. The number of likely N-dealkylation sites (tertiary alicyclic amines) is 2. The summed E-state index contributed by atoms with van der Waals surface area (Å²) in [5, 5.41) is 7.56. The Hall–Kier alpha value is -3.22. The fourth-order valence-electron chi connectivity index (χ4n) is 7.37. The lowest BCUT2D eigenvalue weighted by atomic mass is 9.91. The van der Waals surface area contributed by atoms with Crippen molar-refractivity contribution in [3.63, 3.8) is 0 Å². The molecule has 2 amide bonds. The van der Waals surface area contributed by atoms with Crippen LogP contribution in [0.15, 0.2) is 45.5 Å². The van der Waals surface area contributed by atoms with Crippen LogP contribution in [0.5, 0.6) is 0 Å². The zero-order valence-electron chi connectivity index (χ0n) is 29.6. The highest BCUT2D eigenvalue weighted by Crippen LogP contribution is 2.34. The average molecular weight is 697 g/mol. The van der Waals surface area contributed by atoms with Gasteiger partial charge in [-0.1, -0.05) is 43.3 Å². The Morgan fingerprint density at radius 3 is 2.45 bits per heavy atom. The Balaban J connectivity index is 1.16. The summed E-state index contributed by atoms with van der Waals surface area (Å²) < 4.78 is 18.4. The van der Waals surface area contributed by atoms with Crippen LogP contribution in [-0.4, -0.2) is 90.0 Å². The van der Waals surface area contributed by atoms with E-state index < -0.39 is 12.0 Å². The number of nitrogens with zero attached hydrogens (tertiary/aromatic N) is 5. The van der Waals surface area contributed by atoms with E-state index in [4.69, 9.17) is 4.52 Å². The maximum atomic E-state index is 14.1. The normalized spacial score (nSPS) is 21.5. The Morgan fingerprint density at radius 2 is 1.80 bits per heavy atom. The first-order chi connectivity index (χ1) is 23.7. The van der Waals surface area contributed by atoms with Crippen molar-refractivity contribution in [2.45, 2.75) is 90.3 Å². The first-order valence-electron chi connectivity index (χ1n) is 17.8. The molecule has 3 unspecified atom stereocenters. The van der Waals surface area contributed by atoms with E-state index in [0.29, 0.717) is 24.6 Å². The molecule has 3 atom stereocenters. The third-order valence-corrected chi connectivity index (χ3v) is 10.6. The highest BCUT2D eigenvalue weighted by atomic mass is 32.2. The molecule has 3 saturated heterocycles. The summed E-state index contributed by atoms with van der Waals surface area (Å²) in [6.45, 7) is 13.1. The van der Waals surface area contributed by atoms with E-state index in [1.54, 1.807) is 16.7 Å². The second-order valence-corrected chi connectivity index (χ2v) is 14.9. The van der Waals surface area contributed by atoms with E-state index in [9.17, 15) is 14.1 Å². The summed E-state index contributed by atoms with van der Waals surface area (Å²) in [4.78, 5) is 42.5. The van der Waals surface area contributed by atoms with Gasteiger partial charge in [0.05, 0.1) is 11.6 Å². The van der Waals surface area contributed by atoms with Gasteiger partial charge in [0.25, 0.3) is 0 Å². The van der Waals surface area contributed by atoms with Gasteiger partial charge in [-0.25, -0.2) is 0 Å². The number of rotatable bonds is 13. The van der Waals surface area contributed by atoms with Crippen molar-refractivity contribution >= 4 is 41.0 Å². The summed E-state index contributed by atoms with van der Waals surface area (Å²) in [7, 11) is 0. The smallest absolute Gasteiger partial charge is 0.243 e. The number of aliphatic imine (C=N–C) groups is 1. The van der Waals surface area contributed by atoms with E-state index in [2.05, 4.69) is 30.2 Å². The van der Waals surface area contributed by atoms with Gasteiger partial charge in [0, 0.05) is 51.0 Å². The Bertz CT molecular complexity index is 1430. The van der Waals surface area contributed by atoms with Crippen molar-refractivity contribution in [2.24, 2.45) is 16.8 Å². The number of thioether (sulfide) groups is 1. The molecule has 3 aliphatic heterocycles. The number of carbonyl (C=O) groups excluding carboxylic acids is 2. The van der Waals surface area contributed by atoms with Crippen LogP contribution in [0.1, 0.15) is 95.1 Å². The lowest BCUT2D eigenvalue weighted by molar-refractivity contribution is -0.191. The summed E-state index contributed by atoms with van der Waals surface area (Å²) in [6, 6.07) is 9.29. The summed E-state index contributed by atoms with van der Waals surface area (Å²) in [6.07, 6.45) is 8.74. The molecule has 0 bridgehead atoms. The molecular formula is C37H53FN6O4S. The van der Waals surface area contributed by atoms with Crippen LogP contribution < -0.4 is 10.2 Å². The molecule has 49 heavy (non-hydrogen) atoms. The van der Waals surface area contributed by atoms with Crippen molar-refractivity contribution in [3.05, 3.63) is 52.9 Å². The van der Waals surface area contributed by atoms with E-state index in [0.717, 1.165) is 87.5 Å². The summed E-state index contributed by atoms with van der Waals surface area (Å²) in [5.41, 5.74) is 4.78. The number of aromatic nitrogens is 1. The molecule has 10 nitrogen and oxygen atoms in total. The number of allylic oxidation sites excluding steroid dienone is 1. The molecule has 0 saturated carbocycles. The largest absolute Gasteiger partial charge is 0.358 e. The predicted octanol–water partition coefficient (Wildman–Crippen LogP) is 6.62. The van der Waals surface area contributed by atoms with Crippen molar-refractivity contribution in [2.75, 3.05) is 50.4 Å².